The molecule has 1 rings (SSSR count). The van der Waals surface area contributed by atoms with Gasteiger partial charge in [0.2, 0.25) is 0 Å². The monoisotopic (exact) mass is 292 g/mol. The SMILES string of the molecule is CCCCCc1ccc(OC(=O)CC)c(OC(=O)CC)c1. The molecule has 0 amide bonds. The minimum absolute atomic E-state index is 0.277. The largest absolute Gasteiger partial charge is 0.423 e. The van der Waals surface area contributed by atoms with Crippen LogP contribution < -0.4 is 9.47 Å². The van der Waals surface area contributed by atoms with Gasteiger partial charge in [0.1, 0.15) is 0 Å². The number of benzene rings is 1. The van der Waals surface area contributed by atoms with Gasteiger partial charge in [0.05, 0.1) is 0 Å². The Morgan fingerprint density at radius 3 is 2.10 bits per heavy atom. The molecule has 0 saturated heterocycles. The third-order valence-corrected chi connectivity index (χ3v) is 3.10. The molecule has 4 nitrogen and oxygen atoms in total. The lowest BCUT2D eigenvalue weighted by molar-refractivity contribution is -0.136. The first-order chi connectivity index (χ1) is 10.1. The van der Waals surface area contributed by atoms with E-state index in [1.807, 2.05) is 6.07 Å². The Kier molecular flexibility index (Phi) is 7.51. The first-order valence-electron chi connectivity index (χ1n) is 7.64. The summed E-state index contributed by atoms with van der Waals surface area (Å²) >= 11 is 0. The van der Waals surface area contributed by atoms with Gasteiger partial charge < -0.3 is 9.47 Å². The van der Waals surface area contributed by atoms with Crippen LogP contribution in [0, 0.1) is 0 Å². The van der Waals surface area contributed by atoms with Crippen LogP contribution in [0.15, 0.2) is 18.2 Å². The summed E-state index contributed by atoms with van der Waals surface area (Å²) in [7, 11) is 0. The summed E-state index contributed by atoms with van der Waals surface area (Å²) in [4.78, 5) is 22.9. The summed E-state index contributed by atoms with van der Waals surface area (Å²) in [5.74, 6) is -0.0439. The zero-order chi connectivity index (χ0) is 15.7. The molecule has 0 N–H and O–H groups in total. The van der Waals surface area contributed by atoms with Gasteiger partial charge >= 0.3 is 11.9 Å². The number of hydrogen-bond acceptors (Lipinski definition) is 4. The van der Waals surface area contributed by atoms with Crippen molar-refractivity contribution in [3.8, 4) is 11.5 Å². The van der Waals surface area contributed by atoms with Crippen LogP contribution in [0.25, 0.3) is 0 Å². The number of carbonyl (C=O) groups excluding carboxylic acids is 2. The van der Waals surface area contributed by atoms with Gasteiger partial charge in [0, 0.05) is 12.8 Å². The van der Waals surface area contributed by atoms with Crippen molar-refractivity contribution in [2.24, 2.45) is 0 Å². The molecule has 0 saturated carbocycles. The maximum atomic E-state index is 11.5. The van der Waals surface area contributed by atoms with E-state index in [9.17, 15) is 9.59 Å². The Bertz CT molecular complexity index is 480. The van der Waals surface area contributed by atoms with Crippen molar-refractivity contribution < 1.29 is 19.1 Å². The number of carbonyl (C=O) groups is 2. The molecule has 116 valence electrons. The fraction of sp³-hybridized carbons (Fsp3) is 0.529. The first-order valence-corrected chi connectivity index (χ1v) is 7.64. The van der Waals surface area contributed by atoms with Gasteiger partial charge in [0.15, 0.2) is 11.5 Å². The van der Waals surface area contributed by atoms with Gasteiger partial charge in [-0.25, -0.2) is 0 Å². The van der Waals surface area contributed by atoms with Gasteiger partial charge in [-0.15, -0.1) is 0 Å². The predicted octanol–water partition coefficient (Wildman–Crippen LogP) is 4.05. The van der Waals surface area contributed by atoms with E-state index in [1.165, 1.54) is 0 Å². The van der Waals surface area contributed by atoms with E-state index in [-0.39, 0.29) is 24.8 Å². The molecule has 4 heteroatoms. The van der Waals surface area contributed by atoms with Crippen LogP contribution in [0.4, 0.5) is 0 Å². The molecule has 0 aliphatic rings. The highest BCUT2D eigenvalue weighted by Gasteiger charge is 2.13. The van der Waals surface area contributed by atoms with Crippen LogP contribution in [0.1, 0.15) is 58.4 Å². The average molecular weight is 292 g/mol. The quantitative estimate of drug-likeness (QED) is 0.412. The van der Waals surface area contributed by atoms with E-state index < -0.39 is 0 Å². The Labute approximate surface area is 126 Å². The summed E-state index contributed by atoms with van der Waals surface area (Å²) in [5.41, 5.74) is 1.08. The lowest BCUT2D eigenvalue weighted by Crippen LogP contribution is -2.10. The van der Waals surface area contributed by atoms with Gasteiger partial charge in [-0.1, -0.05) is 39.7 Å². The van der Waals surface area contributed by atoms with Gasteiger partial charge in [0.25, 0.3) is 0 Å². The summed E-state index contributed by atoms with van der Waals surface area (Å²) in [6.45, 7) is 5.60. The molecule has 0 spiro atoms. The Morgan fingerprint density at radius 2 is 1.52 bits per heavy atom. The number of aryl methyl sites for hydroxylation is 1. The molecule has 0 atom stereocenters. The minimum atomic E-state index is -0.345. The summed E-state index contributed by atoms with van der Waals surface area (Å²) in [6, 6.07) is 5.41. The topological polar surface area (TPSA) is 52.6 Å². The van der Waals surface area contributed by atoms with Crippen LogP contribution in [-0.4, -0.2) is 11.9 Å². The first kappa shape index (κ1) is 17.2. The van der Waals surface area contributed by atoms with Crippen LogP contribution in [0.5, 0.6) is 11.5 Å². The van der Waals surface area contributed by atoms with Crippen LogP contribution in [-0.2, 0) is 16.0 Å². The van der Waals surface area contributed by atoms with E-state index in [0.717, 1.165) is 31.2 Å². The minimum Gasteiger partial charge on any atom is -0.423 e. The van der Waals surface area contributed by atoms with Crippen LogP contribution in [0.3, 0.4) is 0 Å². The average Bonchev–Trinajstić information content (AvgIpc) is 2.49. The van der Waals surface area contributed by atoms with Gasteiger partial charge in [-0.05, 0) is 30.5 Å². The van der Waals surface area contributed by atoms with E-state index >= 15 is 0 Å². The van der Waals surface area contributed by atoms with Gasteiger partial charge in [-0.2, -0.15) is 0 Å². The highest BCUT2D eigenvalue weighted by molar-refractivity contribution is 5.76. The summed E-state index contributed by atoms with van der Waals surface area (Å²) in [5, 5.41) is 0. The fourth-order valence-electron chi connectivity index (χ4n) is 1.84. The number of ether oxygens (including phenoxy) is 2. The zero-order valence-corrected chi connectivity index (χ0v) is 13.1. The lowest BCUT2D eigenvalue weighted by Gasteiger charge is -2.11. The maximum Gasteiger partial charge on any atom is 0.311 e. The summed E-state index contributed by atoms with van der Waals surface area (Å²) < 4.78 is 10.5. The number of hydrogen-bond donors (Lipinski definition) is 0. The zero-order valence-electron chi connectivity index (χ0n) is 13.1. The second-order valence-corrected chi connectivity index (χ2v) is 4.89. The molecule has 1 aromatic carbocycles. The maximum absolute atomic E-state index is 11.5. The molecule has 21 heavy (non-hydrogen) atoms. The standard InChI is InChI=1S/C17H24O4/c1-4-7-8-9-13-10-11-14(20-16(18)5-2)15(12-13)21-17(19)6-3/h10-12H,4-9H2,1-3H3. The van der Waals surface area contributed by atoms with Crippen molar-refractivity contribution in [2.75, 3.05) is 0 Å². The molecule has 1 aromatic rings. The van der Waals surface area contributed by atoms with E-state index in [0.29, 0.717) is 11.5 Å². The third kappa shape index (κ3) is 5.98. The van der Waals surface area contributed by atoms with Gasteiger partial charge in [-0.3, -0.25) is 9.59 Å². The Balaban J connectivity index is 2.90. The number of rotatable bonds is 8. The third-order valence-electron chi connectivity index (χ3n) is 3.10. The molecule has 0 fully saturated rings. The van der Waals surface area contributed by atoms with E-state index in [4.69, 9.17) is 9.47 Å². The Hall–Kier alpha value is -1.84. The molecule has 0 unspecified atom stereocenters. The summed E-state index contributed by atoms with van der Waals surface area (Å²) in [6.07, 6.45) is 4.89. The molecule has 0 aromatic heterocycles. The molecule has 0 aliphatic heterocycles. The molecular formula is C17H24O4. The van der Waals surface area contributed by atoms with Crippen molar-refractivity contribution in [2.45, 2.75) is 59.3 Å². The highest BCUT2D eigenvalue weighted by Crippen LogP contribution is 2.30. The lowest BCUT2D eigenvalue weighted by atomic mass is 10.1. The molecule has 0 bridgehead atoms. The highest BCUT2D eigenvalue weighted by atomic mass is 16.6. The smallest absolute Gasteiger partial charge is 0.311 e. The molecule has 0 heterocycles. The molecule has 0 radical (unpaired) electrons. The predicted molar refractivity (Wildman–Crippen MR) is 81.5 cm³/mol. The molecular weight excluding hydrogens is 268 g/mol. The van der Waals surface area contributed by atoms with Crippen molar-refractivity contribution >= 4 is 11.9 Å². The second kappa shape index (κ2) is 9.16. The van der Waals surface area contributed by atoms with Crippen molar-refractivity contribution in [1.29, 1.82) is 0 Å². The van der Waals surface area contributed by atoms with Crippen molar-refractivity contribution in [3.05, 3.63) is 23.8 Å². The Morgan fingerprint density at radius 1 is 0.905 bits per heavy atom. The fourth-order valence-corrected chi connectivity index (χ4v) is 1.84. The normalized spacial score (nSPS) is 10.2. The van der Waals surface area contributed by atoms with Crippen LogP contribution in [0.2, 0.25) is 0 Å². The van der Waals surface area contributed by atoms with Crippen molar-refractivity contribution in [1.82, 2.24) is 0 Å². The molecule has 0 aliphatic carbocycles. The van der Waals surface area contributed by atoms with E-state index in [1.54, 1.807) is 26.0 Å². The number of unbranched alkanes of at least 4 members (excludes halogenated alkanes) is 2. The number of esters is 2. The van der Waals surface area contributed by atoms with Crippen molar-refractivity contribution in [3.63, 3.8) is 0 Å². The second-order valence-electron chi connectivity index (χ2n) is 4.89. The van der Waals surface area contributed by atoms with Crippen LogP contribution >= 0.6 is 0 Å². The van der Waals surface area contributed by atoms with E-state index in [2.05, 4.69) is 6.92 Å².